The molecule has 0 bridgehead atoms. The first-order chi connectivity index (χ1) is 8.53. The maximum Gasteiger partial charge on any atom is 0.0577 e. The summed E-state index contributed by atoms with van der Waals surface area (Å²) in [6.45, 7) is 3.08. The molecule has 0 amide bonds. The van der Waals surface area contributed by atoms with Crippen molar-refractivity contribution < 1.29 is 0 Å². The van der Waals surface area contributed by atoms with Gasteiger partial charge in [-0.05, 0) is 51.6 Å². The second kappa shape index (κ2) is 5.19. The molecule has 100 valence electrons. The largest absolute Gasteiger partial charge is 0.397 e. The standard InChI is InChI=1S/C15H25N3/c1-12-6-7-13(16)14(10-12)17-11-15(18(2)3)8-4-5-9-15/h6-7,10,17H,4-5,8-9,11,16H2,1-3H3. The van der Waals surface area contributed by atoms with E-state index in [0.29, 0.717) is 5.54 Å². The van der Waals surface area contributed by atoms with E-state index in [1.807, 2.05) is 6.07 Å². The lowest BCUT2D eigenvalue weighted by atomic mass is 9.96. The molecular formula is C15H25N3. The number of nitrogens with one attached hydrogen (secondary N) is 1. The Morgan fingerprint density at radius 2 is 1.94 bits per heavy atom. The molecule has 0 radical (unpaired) electrons. The highest BCUT2D eigenvalue weighted by atomic mass is 15.2. The summed E-state index contributed by atoms with van der Waals surface area (Å²) in [7, 11) is 4.37. The maximum absolute atomic E-state index is 6.02. The lowest BCUT2D eigenvalue weighted by Gasteiger charge is -2.37. The van der Waals surface area contributed by atoms with Gasteiger partial charge in [-0.15, -0.1) is 0 Å². The van der Waals surface area contributed by atoms with E-state index in [1.165, 1.54) is 31.2 Å². The van der Waals surface area contributed by atoms with Gasteiger partial charge in [-0.25, -0.2) is 0 Å². The van der Waals surface area contributed by atoms with E-state index in [-0.39, 0.29) is 0 Å². The van der Waals surface area contributed by atoms with Crippen molar-refractivity contribution in [1.82, 2.24) is 4.90 Å². The third kappa shape index (κ3) is 2.61. The fourth-order valence-electron chi connectivity index (χ4n) is 2.90. The van der Waals surface area contributed by atoms with Gasteiger partial charge in [0.2, 0.25) is 0 Å². The summed E-state index contributed by atoms with van der Waals surface area (Å²) in [6, 6.07) is 6.17. The lowest BCUT2D eigenvalue weighted by Crippen LogP contribution is -2.47. The summed E-state index contributed by atoms with van der Waals surface area (Å²) in [6.07, 6.45) is 5.23. The van der Waals surface area contributed by atoms with Crippen LogP contribution >= 0.6 is 0 Å². The molecule has 1 aromatic rings. The molecule has 1 aliphatic rings. The van der Waals surface area contributed by atoms with Gasteiger partial charge < -0.3 is 16.0 Å². The number of hydrogen-bond acceptors (Lipinski definition) is 3. The Labute approximate surface area is 110 Å². The van der Waals surface area contributed by atoms with Crippen molar-refractivity contribution in [1.29, 1.82) is 0 Å². The second-order valence-electron chi connectivity index (χ2n) is 5.77. The molecule has 3 heteroatoms. The molecule has 0 saturated heterocycles. The molecule has 1 saturated carbocycles. The van der Waals surface area contributed by atoms with Gasteiger partial charge in [-0.2, -0.15) is 0 Å². The lowest BCUT2D eigenvalue weighted by molar-refractivity contribution is 0.172. The van der Waals surface area contributed by atoms with Crippen molar-refractivity contribution in [2.45, 2.75) is 38.1 Å². The summed E-state index contributed by atoms with van der Waals surface area (Å²) >= 11 is 0. The third-order valence-corrected chi connectivity index (χ3v) is 4.30. The maximum atomic E-state index is 6.02. The number of anilines is 2. The fraction of sp³-hybridized carbons (Fsp3) is 0.600. The summed E-state index contributed by atoms with van der Waals surface area (Å²) in [4.78, 5) is 2.37. The number of hydrogen-bond donors (Lipinski definition) is 2. The van der Waals surface area contributed by atoms with Crippen LogP contribution in [0.1, 0.15) is 31.2 Å². The minimum atomic E-state index is 0.302. The Kier molecular flexibility index (Phi) is 3.81. The van der Waals surface area contributed by atoms with Crippen LogP contribution in [0, 0.1) is 6.92 Å². The molecule has 1 fully saturated rings. The van der Waals surface area contributed by atoms with Gasteiger partial charge in [0.1, 0.15) is 0 Å². The number of likely N-dealkylation sites (N-methyl/N-ethyl adjacent to an activating group) is 1. The molecular weight excluding hydrogens is 222 g/mol. The van der Waals surface area contributed by atoms with E-state index in [0.717, 1.165) is 17.9 Å². The monoisotopic (exact) mass is 247 g/mol. The Morgan fingerprint density at radius 1 is 1.28 bits per heavy atom. The number of nitrogen functional groups attached to an aromatic ring is 1. The van der Waals surface area contributed by atoms with Crippen LogP contribution in [0.3, 0.4) is 0 Å². The van der Waals surface area contributed by atoms with Gasteiger partial charge >= 0.3 is 0 Å². The predicted molar refractivity (Wildman–Crippen MR) is 79.0 cm³/mol. The van der Waals surface area contributed by atoms with Crippen LogP contribution in [0.2, 0.25) is 0 Å². The van der Waals surface area contributed by atoms with Crippen LogP contribution < -0.4 is 11.1 Å². The molecule has 3 N–H and O–H groups in total. The number of aryl methyl sites for hydroxylation is 1. The van der Waals surface area contributed by atoms with Crippen molar-refractivity contribution in [3.05, 3.63) is 23.8 Å². The molecule has 0 atom stereocenters. The van der Waals surface area contributed by atoms with Crippen molar-refractivity contribution in [3.8, 4) is 0 Å². The Bertz CT molecular complexity index is 406. The van der Waals surface area contributed by atoms with Gasteiger partial charge in [-0.1, -0.05) is 18.9 Å². The molecule has 2 rings (SSSR count). The molecule has 3 nitrogen and oxygen atoms in total. The fourth-order valence-corrected chi connectivity index (χ4v) is 2.90. The van der Waals surface area contributed by atoms with Gasteiger partial charge in [-0.3, -0.25) is 0 Å². The van der Waals surface area contributed by atoms with Crippen LogP contribution in [-0.4, -0.2) is 31.1 Å². The van der Waals surface area contributed by atoms with Crippen LogP contribution in [0.15, 0.2) is 18.2 Å². The third-order valence-electron chi connectivity index (χ3n) is 4.30. The Balaban J connectivity index is 2.08. The van der Waals surface area contributed by atoms with E-state index in [4.69, 9.17) is 5.73 Å². The number of benzene rings is 1. The van der Waals surface area contributed by atoms with Gasteiger partial charge in [0.15, 0.2) is 0 Å². The zero-order chi connectivity index (χ0) is 13.2. The van der Waals surface area contributed by atoms with E-state index in [1.54, 1.807) is 0 Å². The van der Waals surface area contributed by atoms with Crippen LogP contribution in [0.4, 0.5) is 11.4 Å². The number of nitrogens with two attached hydrogens (primary N) is 1. The van der Waals surface area contributed by atoms with Gasteiger partial charge in [0, 0.05) is 12.1 Å². The van der Waals surface area contributed by atoms with Crippen LogP contribution in [-0.2, 0) is 0 Å². The van der Waals surface area contributed by atoms with Crippen molar-refractivity contribution in [3.63, 3.8) is 0 Å². The smallest absolute Gasteiger partial charge is 0.0577 e. The van der Waals surface area contributed by atoms with Crippen molar-refractivity contribution >= 4 is 11.4 Å². The Morgan fingerprint density at radius 3 is 2.56 bits per heavy atom. The van der Waals surface area contributed by atoms with Gasteiger partial charge in [0.25, 0.3) is 0 Å². The molecule has 0 aliphatic heterocycles. The first-order valence-electron chi connectivity index (χ1n) is 6.81. The van der Waals surface area contributed by atoms with E-state index in [2.05, 4.69) is 43.4 Å². The molecule has 0 spiro atoms. The first kappa shape index (κ1) is 13.2. The summed E-state index contributed by atoms with van der Waals surface area (Å²) in [5.74, 6) is 0. The molecule has 1 aliphatic carbocycles. The first-order valence-corrected chi connectivity index (χ1v) is 6.81. The zero-order valence-corrected chi connectivity index (χ0v) is 11.8. The average molecular weight is 247 g/mol. The number of nitrogens with zero attached hydrogens (tertiary/aromatic N) is 1. The van der Waals surface area contributed by atoms with Crippen LogP contribution in [0.25, 0.3) is 0 Å². The molecule has 1 aromatic carbocycles. The molecule has 0 unspecified atom stereocenters. The summed E-state index contributed by atoms with van der Waals surface area (Å²) in [5.41, 5.74) is 9.48. The minimum Gasteiger partial charge on any atom is -0.397 e. The number of rotatable bonds is 4. The highest BCUT2D eigenvalue weighted by molar-refractivity contribution is 5.67. The summed E-state index contributed by atoms with van der Waals surface area (Å²) < 4.78 is 0. The van der Waals surface area contributed by atoms with Gasteiger partial charge in [0.05, 0.1) is 11.4 Å². The average Bonchev–Trinajstić information content (AvgIpc) is 2.80. The SMILES string of the molecule is Cc1ccc(N)c(NCC2(N(C)C)CCCC2)c1. The van der Waals surface area contributed by atoms with Crippen molar-refractivity contribution in [2.75, 3.05) is 31.7 Å². The van der Waals surface area contributed by atoms with E-state index < -0.39 is 0 Å². The second-order valence-corrected chi connectivity index (χ2v) is 5.77. The van der Waals surface area contributed by atoms with E-state index in [9.17, 15) is 0 Å². The molecule has 0 heterocycles. The highest BCUT2D eigenvalue weighted by Gasteiger charge is 2.35. The molecule has 0 aromatic heterocycles. The highest BCUT2D eigenvalue weighted by Crippen LogP contribution is 2.34. The summed E-state index contributed by atoms with van der Waals surface area (Å²) in [5, 5.41) is 3.55. The minimum absolute atomic E-state index is 0.302. The predicted octanol–water partition coefficient (Wildman–Crippen LogP) is 2.86. The van der Waals surface area contributed by atoms with Crippen LogP contribution in [0.5, 0.6) is 0 Å². The van der Waals surface area contributed by atoms with Crippen molar-refractivity contribution in [2.24, 2.45) is 0 Å². The quantitative estimate of drug-likeness (QED) is 0.804. The zero-order valence-electron chi connectivity index (χ0n) is 11.8. The molecule has 18 heavy (non-hydrogen) atoms. The Hall–Kier alpha value is -1.22. The topological polar surface area (TPSA) is 41.3 Å². The van der Waals surface area contributed by atoms with E-state index >= 15 is 0 Å². The normalized spacial score (nSPS) is 18.2.